The number of thioether (sulfide) groups is 1. The summed E-state index contributed by atoms with van der Waals surface area (Å²) in [5.74, 6) is 0.304. The summed E-state index contributed by atoms with van der Waals surface area (Å²) in [6, 6.07) is 7.26. The fourth-order valence-corrected chi connectivity index (χ4v) is 4.50. The van der Waals surface area contributed by atoms with Crippen molar-refractivity contribution >= 4 is 23.7 Å². The molecule has 1 amide bonds. The number of halogens is 1. The molecule has 2 aliphatic rings. The van der Waals surface area contributed by atoms with Crippen LogP contribution in [-0.4, -0.2) is 30.5 Å². The number of hydrogen-bond acceptors (Lipinski definition) is 5. The molecular weight excluding hydrogens is 427 g/mol. The molecule has 0 radical (unpaired) electrons. The van der Waals surface area contributed by atoms with E-state index in [0.717, 1.165) is 22.8 Å². The highest BCUT2D eigenvalue weighted by Crippen LogP contribution is 2.36. The molecule has 32 heavy (non-hydrogen) atoms. The van der Waals surface area contributed by atoms with Crippen molar-refractivity contribution in [3.05, 3.63) is 88.8 Å². The molecule has 4 heterocycles. The molecule has 1 aliphatic heterocycles. The molecule has 7 nitrogen and oxygen atoms in total. The molecule has 0 bridgehead atoms. The number of aryl methyl sites for hydroxylation is 1. The van der Waals surface area contributed by atoms with Crippen molar-refractivity contribution in [2.45, 2.75) is 37.8 Å². The van der Waals surface area contributed by atoms with Gasteiger partial charge in [0.1, 0.15) is 11.5 Å². The van der Waals surface area contributed by atoms with E-state index >= 15 is 0 Å². The summed E-state index contributed by atoms with van der Waals surface area (Å²) in [5, 5.41) is 8.25. The van der Waals surface area contributed by atoms with Crippen molar-refractivity contribution in [1.29, 1.82) is 0 Å². The van der Waals surface area contributed by atoms with Crippen molar-refractivity contribution in [3.8, 4) is 0 Å². The van der Waals surface area contributed by atoms with Crippen LogP contribution in [0, 0.1) is 12.9 Å². The fraction of sp³-hybridized carbons (Fsp3) is 0.261. The third-order valence-corrected chi connectivity index (χ3v) is 6.30. The number of imidazole rings is 1. The molecule has 164 valence electrons. The first-order chi connectivity index (χ1) is 15.5. The normalized spacial score (nSPS) is 18.1. The van der Waals surface area contributed by atoms with Gasteiger partial charge in [-0.1, -0.05) is 11.8 Å². The average Bonchev–Trinajstić information content (AvgIpc) is 3.15. The minimum Gasteiger partial charge on any atom is -0.356 e. The Bertz CT molecular complexity index is 1210. The highest BCUT2D eigenvalue weighted by atomic mass is 32.2. The lowest BCUT2D eigenvalue weighted by Crippen LogP contribution is -2.40. The summed E-state index contributed by atoms with van der Waals surface area (Å²) in [6.07, 6.45) is 11.7. The highest BCUT2D eigenvalue weighted by Gasteiger charge is 2.25. The maximum absolute atomic E-state index is 13.4. The smallest absolute Gasteiger partial charge is 0.270 e. The second kappa shape index (κ2) is 8.66. The average molecular weight is 451 g/mol. The number of hydrogen-bond donors (Lipinski definition) is 2. The van der Waals surface area contributed by atoms with Crippen LogP contribution in [0.3, 0.4) is 0 Å². The SMILES string of the molecule is Cc1nc(/C=C/C2=CSC(NC(=O)c3cccn3Cc3ccnc(F)c3)N2)cn1C1CC1. The van der Waals surface area contributed by atoms with E-state index in [4.69, 9.17) is 0 Å². The van der Waals surface area contributed by atoms with Crippen LogP contribution in [0.5, 0.6) is 0 Å². The van der Waals surface area contributed by atoms with E-state index in [1.54, 1.807) is 29.0 Å². The Labute approximate surface area is 189 Å². The van der Waals surface area contributed by atoms with Gasteiger partial charge in [-0.15, -0.1) is 0 Å². The van der Waals surface area contributed by atoms with E-state index in [1.165, 1.54) is 36.9 Å². The zero-order valence-corrected chi connectivity index (χ0v) is 18.3. The second-order valence-electron chi connectivity index (χ2n) is 7.90. The van der Waals surface area contributed by atoms with Gasteiger partial charge in [0.15, 0.2) is 5.50 Å². The summed E-state index contributed by atoms with van der Waals surface area (Å²) in [7, 11) is 0. The van der Waals surface area contributed by atoms with Gasteiger partial charge >= 0.3 is 0 Å². The number of nitrogens with one attached hydrogen (secondary N) is 2. The van der Waals surface area contributed by atoms with Crippen LogP contribution in [0.2, 0.25) is 0 Å². The van der Waals surface area contributed by atoms with Crippen molar-refractivity contribution in [1.82, 2.24) is 29.7 Å². The maximum Gasteiger partial charge on any atom is 0.270 e. The van der Waals surface area contributed by atoms with E-state index in [1.807, 2.05) is 24.5 Å². The van der Waals surface area contributed by atoms with Gasteiger partial charge in [-0.25, -0.2) is 9.97 Å². The molecule has 1 atom stereocenters. The number of aromatic nitrogens is 4. The van der Waals surface area contributed by atoms with Gasteiger partial charge in [0.2, 0.25) is 5.95 Å². The van der Waals surface area contributed by atoms with Crippen LogP contribution >= 0.6 is 11.8 Å². The molecule has 3 aromatic heterocycles. The standard InChI is InChI=1S/C23H23FN6OS/c1-15-26-17(13-30(15)19-6-7-19)4-5-18-14-32-23(27-18)28-22(31)20-3-2-10-29(20)12-16-8-9-25-21(24)11-16/h2-5,8-11,13-14,19,23,27H,6-7,12H2,1H3,(H,28,31)/b5-4+. The van der Waals surface area contributed by atoms with Crippen LogP contribution < -0.4 is 10.6 Å². The van der Waals surface area contributed by atoms with Crippen LogP contribution in [0.4, 0.5) is 4.39 Å². The predicted molar refractivity (Wildman–Crippen MR) is 122 cm³/mol. The molecule has 0 saturated heterocycles. The third-order valence-electron chi connectivity index (χ3n) is 5.41. The summed E-state index contributed by atoms with van der Waals surface area (Å²) in [5.41, 5.74) is 2.83. The largest absolute Gasteiger partial charge is 0.356 e. The summed E-state index contributed by atoms with van der Waals surface area (Å²) in [4.78, 5) is 21.0. The van der Waals surface area contributed by atoms with Gasteiger partial charge < -0.3 is 19.8 Å². The van der Waals surface area contributed by atoms with Gasteiger partial charge in [-0.05, 0) is 67.2 Å². The maximum atomic E-state index is 13.4. The first kappa shape index (κ1) is 20.6. The number of pyridine rings is 1. The first-order valence-corrected chi connectivity index (χ1v) is 11.4. The number of allylic oxidation sites excluding steroid dienone is 1. The molecule has 9 heteroatoms. The monoisotopic (exact) mass is 450 g/mol. The van der Waals surface area contributed by atoms with Crippen molar-refractivity contribution in [3.63, 3.8) is 0 Å². The molecule has 5 rings (SSSR count). The minimum atomic E-state index is -0.534. The number of nitrogens with zero attached hydrogens (tertiary/aromatic N) is 4. The van der Waals surface area contributed by atoms with E-state index in [9.17, 15) is 9.18 Å². The van der Waals surface area contributed by atoms with Crippen molar-refractivity contribution in [2.24, 2.45) is 0 Å². The number of carbonyl (C=O) groups excluding carboxylic acids is 1. The second-order valence-corrected chi connectivity index (χ2v) is 8.88. The Morgan fingerprint density at radius 3 is 3.06 bits per heavy atom. The number of rotatable bonds is 7. The van der Waals surface area contributed by atoms with Gasteiger partial charge in [0, 0.05) is 36.9 Å². The number of carbonyl (C=O) groups is 1. The molecule has 1 unspecified atom stereocenters. The zero-order chi connectivity index (χ0) is 22.1. The quantitative estimate of drug-likeness (QED) is 0.536. The zero-order valence-electron chi connectivity index (χ0n) is 17.5. The van der Waals surface area contributed by atoms with Crippen molar-refractivity contribution < 1.29 is 9.18 Å². The van der Waals surface area contributed by atoms with E-state index in [-0.39, 0.29) is 11.4 Å². The van der Waals surface area contributed by atoms with Gasteiger partial charge in [0.05, 0.1) is 5.69 Å². The third kappa shape index (κ3) is 4.62. The van der Waals surface area contributed by atoms with Crippen LogP contribution in [0.25, 0.3) is 6.08 Å². The summed E-state index contributed by atoms with van der Waals surface area (Å²) >= 11 is 1.50. The lowest BCUT2D eigenvalue weighted by atomic mass is 10.2. The molecule has 1 saturated carbocycles. The lowest BCUT2D eigenvalue weighted by molar-refractivity contribution is 0.0938. The summed E-state index contributed by atoms with van der Waals surface area (Å²) in [6.45, 7) is 2.42. The van der Waals surface area contributed by atoms with Crippen LogP contribution in [0.1, 0.15) is 46.5 Å². The van der Waals surface area contributed by atoms with Crippen LogP contribution in [-0.2, 0) is 6.54 Å². The predicted octanol–water partition coefficient (Wildman–Crippen LogP) is 3.81. The molecule has 0 spiro atoms. The minimum absolute atomic E-state index is 0.202. The van der Waals surface area contributed by atoms with Crippen LogP contribution in [0.15, 0.2) is 60.0 Å². The van der Waals surface area contributed by atoms with Crippen molar-refractivity contribution in [2.75, 3.05) is 0 Å². The Hall–Kier alpha value is -3.33. The molecule has 1 fully saturated rings. The molecule has 3 aromatic rings. The van der Waals surface area contributed by atoms with E-state index in [0.29, 0.717) is 18.3 Å². The first-order valence-electron chi connectivity index (χ1n) is 10.5. The molecule has 2 N–H and O–H groups in total. The van der Waals surface area contributed by atoms with E-state index in [2.05, 4.69) is 31.4 Å². The Morgan fingerprint density at radius 2 is 2.25 bits per heavy atom. The van der Waals surface area contributed by atoms with Gasteiger partial charge in [-0.2, -0.15) is 4.39 Å². The lowest BCUT2D eigenvalue weighted by Gasteiger charge is -2.15. The fourth-order valence-electron chi connectivity index (χ4n) is 3.69. The Balaban J connectivity index is 1.17. The molecule has 0 aromatic carbocycles. The molecule has 1 aliphatic carbocycles. The van der Waals surface area contributed by atoms with Gasteiger partial charge in [0.25, 0.3) is 5.91 Å². The Morgan fingerprint density at radius 1 is 1.38 bits per heavy atom. The Kier molecular flexibility index (Phi) is 5.57. The number of amides is 1. The van der Waals surface area contributed by atoms with E-state index < -0.39 is 5.95 Å². The molecular formula is C23H23FN6OS. The topological polar surface area (TPSA) is 76.8 Å². The highest BCUT2D eigenvalue weighted by molar-refractivity contribution is 8.02. The summed E-state index contributed by atoms with van der Waals surface area (Å²) < 4.78 is 17.4. The van der Waals surface area contributed by atoms with Gasteiger partial charge in [-0.3, -0.25) is 4.79 Å².